The van der Waals surface area contributed by atoms with Crippen molar-refractivity contribution < 1.29 is 18.8 Å². The number of imide groups is 1. The molecule has 3 amide bonds. The molecule has 4 rings (SSSR count). The standard InChI is InChI=1S/C23H20N2O4/c1-15-9-11-17(12-10-15)24(14-18-6-5-13-29-18)21(26)16(2)25-22(27)19-7-3-4-8-20(19)23(25)28/h3-13,16H,14H2,1-2H3. The Balaban J connectivity index is 1.66. The van der Waals surface area contributed by atoms with Gasteiger partial charge in [0, 0.05) is 5.69 Å². The highest BCUT2D eigenvalue weighted by molar-refractivity contribution is 6.23. The van der Waals surface area contributed by atoms with Gasteiger partial charge >= 0.3 is 0 Å². The third-order valence-electron chi connectivity index (χ3n) is 5.08. The zero-order valence-corrected chi connectivity index (χ0v) is 16.2. The van der Waals surface area contributed by atoms with Gasteiger partial charge in [-0.2, -0.15) is 0 Å². The molecular weight excluding hydrogens is 368 g/mol. The fourth-order valence-corrected chi connectivity index (χ4v) is 3.48. The molecule has 0 saturated carbocycles. The summed E-state index contributed by atoms with van der Waals surface area (Å²) in [6.45, 7) is 3.74. The van der Waals surface area contributed by atoms with Crippen molar-refractivity contribution in [3.63, 3.8) is 0 Å². The predicted molar refractivity (Wildman–Crippen MR) is 107 cm³/mol. The fraction of sp³-hybridized carbons (Fsp3) is 0.174. The number of amides is 3. The molecule has 0 spiro atoms. The van der Waals surface area contributed by atoms with Crippen LogP contribution in [-0.4, -0.2) is 28.7 Å². The largest absolute Gasteiger partial charge is 0.467 e. The molecular formula is C23H20N2O4. The number of rotatable bonds is 5. The average Bonchev–Trinajstić information content (AvgIpc) is 3.33. The van der Waals surface area contributed by atoms with E-state index in [4.69, 9.17) is 4.42 Å². The monoisotopic (exact) mass is 388 g/mol. The van der Waals surface area contributed by atoms with Crippen molar-refractivity contribution in [2.24, 2.45) is 0 Å². The first-order valence-electron chi connectivity index (χ1n) is 9.34. The minimum absolute atomic E-state index is 0.197. The average molecular weight is 388 g/mol. The van der Waals surface area contributed by atoms with Crippen LogP contribution in [0.3, 0.4) is 0 Å². The van der Waals surface area contributed by atoms with Crippen LogP contribution in [0.4, 0.5) is 5.69 Å². The third-order valence-corrected chi connectivity index (χ3v) is 5.08. The van der Waals surface area contributed by atoms with Gasteiger partial charge in [0.15, 0.2) is 0 Å². The molecule has 3 aromatic rings. The molecule has 0 aliphatic carbocycles. The summed E-state index contributed by atoms with van der Waals surface area (Å²) in [6.07, 6.45) is 1.54. The number of aryl methyl sites for hydroxylation is 1. The van der Waals surface area contributed by atoms with Crippen LogP contribution in [-0.2, 0) is 11.3 Å². The molecule has 0 saturated heterocycles. The molecule has 0 fully saturated rings. The summed E-state index contributed by atoms with van der Waals surface area (Å²) in [6, 6.07) is 16.7. The summed E-state index contributed by atoms with van der Waals surface area (Å²) >= 11 is 0. The fourth-order valence-electron chi connectivity index (χ4n) is 3.48. The van der Waals surface area contributed by atoms with Crippen molar-refractivity contribution in [3.05, 3.63) is 89.4 Å². The predicted octanol–water partition coefficient (Wildman–Crippen LogP) is 3.81. The van der Waals surface area contributed by atoms with Crippen LogP contribution in [0.2, 0.25) is 0 Å². The molecule has 2 aromatic carbocycles. The second-order valence-corrected chi connectivity index (χ2v) is 7.04. The van der Waals surface area contributed by atoms with E-state index in [9.17, 15) is 14.4 Å². The SMILES string of the molecule is Cc1ccc(N(Cc2ccco2)C(=O)C(C)N2C(=O)c3ccccc3C2=O)cc1. The van der Waals surface area contributed by atoms with Crippen LogP contribution in [0.15, 0.2) is 71.3 Å². The van der Waals surface area contributed by atoms with Gasteiger partial charge in [-0.05, 0) is 50.2 Å². The van der Waals surface area contributed by atoms with Gasteiger partial charge in [0.25, 0.3) is 11.8 Å². The quantitative estimate of drug-likeness (QED) is 0.623. The highest BCUT2D eigenvalue weighted by atomic mass is 16.3. The molecule has 1 unspecified atom stereocenters. The number of furan rings is 1. The van der Waals surface area contributed by atoms with Crippen LogP contribution in [0, 0.1) is 6.92 Å². The van der Waals surface area contributed by atoms with E-state index in [0.717, 1.165) is 10.5 Å². The van der Waals surface area contributed by atoms with Gasteiger partial charge in [0.05, 0.1) is 23.9 Å². The van der Waals surface area contributed by atoms with Crippen molar-refractivity contribution in [2.75, 3.05) is 4.90 Å². The maximum atomic E-state index is 13.4. The van der Waals surface area contributed by atoms with Crippen molar-refractivity contribution in [3.8, 4) is 0 Å². The van der Waals surface area contributed by atoms with Gasteiger partial charge < -0.3 is 9.32 Å². The van der Waals surface area contributed by atoms with Gasteiger partial charge in [0.1, 0.15) is 11.8 Å². The van der Waals surface area contributed by atoms with Gasteiger partial charge in [0.2, 0.25) is 5.91 Å². The number of fused-ring (bicyclic) bond motifs is 1. The molecule has 1 atom stereocenters. The second-order valence-electron chi connectivity index (χ2n) is 7.04. The highest BCUT2D eigenvalue weighted by Gasteiger charge is 2.42. The van der Waals surface area contributed by atoms with E-state index in [1.54, 1.807) is 49.6 Å². The van der Waals surface area contributed by atoms with Gasteiger partial charge in [-0.15, -0.1) is 0 Å². The molecule has 146 valence electrons. The van der Waals surface area contributed by atoms with Gasteiger partial charge in [-0.1, -0.05) is 29.8 Å². The topological polar surface area (TPSA) is 70.8 Å². The highest BCUT2D eigenvalue weighted by Crippen LogP contribution is 2.27. The normalized spacial score (nSPS) is 14.1. The van der Waals surface area contributed by atoms with Crippen molar-refractivity contribution in [1.29, 1.82) is 0 Å². The lowest BCUT2D eigenvalue weighted by Gasteiger charge is -2.29. The van der Waals surface area contributed by atoms with E-state index in [1.165, 1.54) is 4.90 Å². The van der Waals surface area contributed by atoms with E-state index in [2.05, 4.69) is 0 Å². The lowest BCUT2D eigenvalue weighted by Crippen LogP contribution is -2.49. The Hall–Kier alpha value is -3.67. The van der Waals surface area contributed by atoms with Crippen molar-refractivity contribution in [2.45, 2.75) is 26.4 Å². The third kappa shape index (κ3) is 3.33. The molecule has 1 aromatic heterocycles. The van der Waals surface area contributed by atoms with E-state index in [-0.39, 0.29) is 12.5 Å². The first-order chi connectivity index (χ1) is 14.0. The molecule has 0 N–H and O–H groups in total. The molecule has 0 bridgehead atoms. The first-order valence-corrected chi connectivity index (χ1v) is 9.34. The van der Waals surface area contributed by atoms with Crippen LogP contribution in [0.1, 0.15) is 39.0 Å². The number of anilines is 1. The maximum absolute atomic E-state index is 13.4. The lowest BCUT2D eigenvalue weighted by atomic mass is 10.1. The molecule has 1 aliphatic heterocycles. The van der Waals surface area contributed by atoms with Crippen molar-refractivity contribution in [1.82, 2.24) is 4.90 Å². The zero-order chi connectivity index (χ0) is 20.5. The molecule has 29 heavy (non-hydrogen) atoms. The summed E-state index contributed by atoms with van der Waals surface area (Å²) in [5.41, 5.74) is 2.38. The smallest absolute Gasteiger partial charge is 0.262 e. The van der Waals surface area contributed by atoms with Crippen LogP contribution < -0.4 is 4.90 Å². The minimum Gasteiger partial charge on any atom is -0.467 e. The summed E-state index contributed by atoms with van der Waals surface area (Å²) in [4.78, 5) is 41.6. The molecule has 2 heterocycles. The Morgan fingerprint density at radius 2 is 1.59 bits per heavy atom. The Kier molecular flexibility index (Phi) is 4.76. The van der Waals surface area contributed by atoms with E-state index >= 15 is 0 Å². The number of hydrogen-bond acceptors (Lipinski definition) is 4. The van der Waals surface area contributed by atoms with E-state index in [1.807, 2.05) is 31.2 Å². The Morgan fingerprint density at radius 1 is 0.966 bits per heavy atom. The van der Waals surface area contributed by atoms with Crippen molar-refractivity contribution >= 4 is 23.4 Å². The number of hydrogen-bond donors (Lipinski definition) is 0. The summed E-state index contributed by atoms with van der Waals surface area (Å²) in [5, 5.41) is 0. The number of carbonyl (C=O) groups is 3. The molecule has 6 heteroatoms. The zero-order valence-electron chi connectivity index (χ0n) is 16.2. The Labute approximate surface area is 168 Å². The van der Waals surface area contributed by atoms with E-state index in [0.29, 0.717) is 22.6 Å². The summed E-state index contributed by atoms with van der Waals surface area (Å²) in [5.74, 6) is -0.658. The first kappa shape index (κ1) is 18.7. The number of carbonyl (C=O) groups excluding carboxylic acids is 3. The maximum Gasteiger partial charge on any atom is 0.262 e. The minimum atomic E-state index is -0.960. The van der Waals surface area contributed by atoms with Crippen LogP contribution in [0.25, 0.3) is 0 Å². The number of nitrogens with zero attached hydrogens (tertiary/aromatic N) is 2. The number of benzene rings is 2. The Morgan fingerprint density at radius 3 is 2.14 bits per heavy atom. The molecule has 1 aliphatic rings. The molecule has 0 radical (unpaired) electrons. The van der Waals surface area contributed by atoms with Crippen LogP contribution in [0.5, 0.6) is 0 Å². The lowest BCUT2D eigenvalue weighted by molar-refractivity contribution is -0.122. The molecule has 6 nitrogen and oxygen atoms in total. The summed E-state index contributed by atoms with van der Waals surface area (Å²) in [7, 11) is 0. The van der Waals surface area contributed by atoms with Crippen LogP contribution >= 0.6 is 0 Å². The summed E-state index contributed by atoms with van der Waals surface area (Å²) < 4.78 is 5.42. The van der Waals surface area contributed by atoms with Gasteiger partial charge in [-0.3, -0.25) is 19.3 Å². The Bertz CT molecular complexity index is 1040. The second kappa shape index (κ2) is 7.39. The van der Waals surface area contributed by atoms with E-state index < -0.39 is 17.9 Å². The van der Waals surface area contributed by atoms with Gasteiger partial charge in [-0.25, -0.2) is 0 Å².